The zero-order valence-corrected chi connectivity index (χ0v) is 11.1. The molecule has 2 saturated carbocycles. The first-order valence-corrected chi connectivity index (χ1v) is 7.71. The molecule has 2 fully saturated rings. The average molecular weight is 256 g/mol. The minimum absolute atomic E-state index is 0.316. The number of Topliss-reactive ketones (excluding diaryl/α,β-unsaturated/α-hetero) is 1. The Morgan fingerprint density at radius 2 is 2.11 bits per heavy atom. The van der Waals surface area contributed by atoms with E-state index >= 15 is 0 Å². The van der Waals surface area contributed by atoms with E-state index in [-0.39, 0.29) is 0 Å². The van der Waals surface area contributed by atoms with Gasteiger partial charge >= 0.3 is 0 Å². The molecule has 0 radical (unpaired) electrons. The van der Waals surface area contributed by atoms with Gasteiger partial charge in [0.2, 0.25) is 0 Å². The van der Waals surface area contributed by atoms with Gasteiger partial charge in [-0.3, -0.25) is 4.79 Å². The highest BCUT2D eigenvalue weighted by atomic mass is 32.1. The van der Waals surface area contributed by atoms with Crippen molar-refractivity contribution < 1.29 is 4.79 Å². The van der Waals surface area contributed by atoms with E-state index in [0.29, 0.717) is 17.6 Å². The summed E-state index contributed by atoms with van der Waals surface area (Å²) in [5.41, 5.74) is 0.972. The molecule has 2 bridgehead atoms. The van der Waals surface area contributed by atoms with Crippen molar-refractivity contribution in [3.63, 3.8) is 0 Å². The summed E-state index contributed by atoms with van der Waals surface area (Å²) < 4.78 is 1.19. The van der Waals surface area contributed by atoms with Gasteiger partial charge in [0.1, 0.15) is 0 Å². The van der Waals surface area contributed by atoms with Gasteiger partial charge in [-0.1, -0.05) is 18.6 Å². The highest BCUT2D eigenvalue weighted by molar-refractivity contribution is 7.17. The molecule has 1 aromatic heterocycles. The van der Waals surface area contributed by atoms with E-state index in [1.165, 1.54) is 29.3 Å². The normalized spacial score (nSPS) is 30.1. The second-order valence-corrected chi connectivity index (χ2v) is 6.71. The third kappa shape index (κ3) is 1.48. The maximum absolute atomic E-state index is 12.8. The standard InChI is InChI=1S/C16H16OS/c17-15(14-9-10-4-5-12(14)8-10)13-3-1-2-11-6-7-18-16(11)13/h1-3,6-7,10,12,14H,4-5,8-9H2. The highest BCUT2D eigenvalue weighted by Crippen LogP contribution is 2.49. The Morgan fingerprint density at radius 3 is 2.89 bits per heavy atom. The van der Waals surface area contributed by atoms with Crippen molar-refractivity contribution in [3.8, 4) is 0 Å². The number of carbonyl (C=O) groups excluding carboxylic acids is 1. The van der Waals surface area contributed by atoms with Gasteiger partial charge in [0, 0.05) is 16.2 Å². The molecule has 92 valence electrons. The lowest BCUT2D eigenvalue weighted by Crippen LogP contribution is -2.21. The zero-order valence-electron chi connectivity index (χ0n) is 10.3. The summed E-state index contributed by atoms with van der Waals surface area (Å²) in [6.07, 6.45) is 5.08. The van der Waals surface area contributed by atoms with Crippen LogP contribution >= 0.6 is 11.3 Å². The van der Waals surface area contributed by atoms with E-state index in [4.69, 9.17) is 0 Å². The predicted octanol–water partition coefficient (Wildman–Crippen LogP) is 4.52. The third-order valence-electron chi connectivity index (χ3n) is 4.82. The molecular weight excluding hydrogens is 240 g/mol. The Kier molecular flexibility index (Phi) is 2.34. The fourth-order valence-corrected chi connectivity index (χ4v) is 4.87. The molecule has 0 saturated heterocycles. The lowest BCUT2D eigenvalue weighted by molar-refractivity contribution is 0.0876. The van der Waals surface area contributed by atoms with Crippen LogP contribution in [0.1, 0.15) is 36.0 Å². The Morgan fingerprint density at radius 1 is 1.17 bits per heavy atom. The predicted molar refractivity (Wildman–Crippen MR) is 75.1 cm³/mol. The maximum Gasteiger partial charge on any atom is 0.167 e. The molecule has 4 rings (SSSR count). The summed E-state index contributed by atoms with van der Waals surface area (Å²) in [7, 11) is 0. The van der Waals surface area contributed by atoms with Crippen LogP contribution in [0, 0.1) is 17.8 Å². The molecule has 0 spiro atoms. The molecule has 2 aromatic rings. The minimum Gasteiger partial charge on any atom is -0.294 e. The minimum atomic E-state index is 0.316. The van der Waals surface area contributed by atoms with Gasteiger partial charge in [0.05, 0.1) is 0 Å². The topological polar surface area (TPSA) is 17.1 Å². The quantitative estimate of drug-likeness (QED) is 0.722. The molecule has 2 aliphatic rings. The van der Waals surface area contributed by atoms with Crippen LogP contribution in [0.15, 0.2) is 29.6 Å². The molecule has 1 aromatic carbocycles. The number of rotatable bonds is 2. The summed E-state index contributed by atoms with van der Waals surface area (Å²) >= 11 is 1.70. The third-order valence-corrected chi connectivity index (χ3v) is 5.78. The molecule has 3 atom stereocenters. The first-order chi connectivity index (χ1) is 8.83. The second kappa shape index (κ2) is 3.92. The van der Waals surface area contributed by atoms with Crippen molar-refractivity contribution >= 4 is 27.2 Å². The number of benzene rings is 1. The van der Waals surface area contributed by atoms with Gasteiger partial charge in [0.15, 0.2) is 5.78 Å². The molecular formula is C16H16OS. The molecule has 0 aliphatic heterocycles. The van der Waals surface area contributed by atoms with Crippen molar-refractivity contribution in [3.05, 3.63) is 35.2 Å². The van der Waals surface area contributed by atoms with Crippen LogP contribution in [0.3, 0.4) is 0 Å². The van der Waals surface area contributed by atoms with Crippen LogP contribution in [-0.2, 0) is 0 Å². The van der Waals surface area contributed by atoms with Crippen molar-refractivity contribution in [2.24, 2.45) is 17.8 Å². The molecule has 18 heavy (non-hydrogen) atoms. The van der Waals surface area contributed by atoms with E-state index in [9.17, 15) is 4.79 Å². The van der Waals surface area contributed by atoms with Crippen molar-refractivity contribution in [2.75, 3.05) is 0 Å². The van der Waals surface area contributed by atoms with E-state index in [0.717, 1.165) is 17.9 Å². The lowest BCUT2D eigenvalue weighted by atomic mass is 9.83. The number of hydrogen-bond donors (Lipinski definition) is 0. The first-order valence-electron chi connectivity index (χ1n) is 6.83. The van der Waals surface area contributed by atoms with Gasteiger partial charge in [-0.05, 0) is 54.0 Å². The van der Waals surface area contributed by atoms with E-state index < -0.39 is 0 Å². The van der Waals surface area contributed by atoms with Crippen LogP contribution in [-0.4, -0.2) is 5.78 Å². The zero-order chi connectivity index (χ0) is 12.1. The largest absolute Gasteiger partial charge is 0.294 e. The molecule has 2 aliphatic carbocycles. The van der Waals surface area contributed by atoms with E-state index in [2.05, 4.69) is 17.5 Å². The Balaban J connectivity index is 1.74. The van der Waals surface area contributed by atoms with Crippen LogP contribution in [0.4, 0.5) is 0 Å². The summed E-state index contributed by atoms with van der Waals surface area (Å²) in [5.74, 6) is 2.25. The summed E-state index contributed by atoms with van der Waals surface area (Å²) in [4.78, 5) is 12.8. The Labute approximate surface area is 111 Å². The lowest BCUT2D eigenvalue weighted by Gasteiger charge is -2.20. The second-order valence-electron chi connectivity index (χ2n) is 5.79. The van der Waals surface area contributed by atoms with Gasteiger partial charge in [0.25, 0.3) is 0 Å². The Hall–Kier alpha value is -1.15. The SMILES string of the molecule is O=C(c1cccc2ccsc12)C1CC2CCC1C2. The number of ketones is 1. The number of fused-ring (bicyclic) bond motifs is 3. The van der Waals surface area contributed by atoms with E-state index in [1.54, 1.807) is 11.3 Å². The maximum atomic E-state index is 12.8. The highest BCUT2D eigenvalue weighted by Gasteiger charge is 2.43. The number of carbonyl (C=O) groups is 1. The van der Waals surface area contributed by atoms with Crippen molar-refractivity contribution in [2.45, 2.75) is 25.7 Å². The van der Waals surface area contributed by atoms with Crippen molar-refractivity contribution in [1.29, 1.82) is 0 Å². The van der Waals surface area contributed by atoms with E-state index in [1.807, 2.05) is 12.1 Å². The molecule has 0 N–H and O–H groups in total. The fraction of sp³-hybridized carbons (Fsp3) is 0.438. The Bertz CT molecular complexity index is 612. The number of thiophene rings is 1. The first kappa shape index (κ1) is 10.7. The van der Waals surface area contributed by atoms with Gasteiger partial charge in [-0.25, -0.2) is 0 Å². The summed E-state index contributed by atoms with van der Waals surface area (Å²) in [6.45, 7) is 0. The van der Waals surface area contributed by atoms with Crippen LogP contribution in [0.25, 0.3) is 10.1 Å². The van der Waals surface area contributed by atoms with Gasteiger partial charge in [-0.2, -0.15) is 0 Å². The fourth-order valence-electron chi connectivity index (χ4n) is 3.95. The van der Waals surface area contributed by atoms with Crippen molar-refractivity contribution in [1.82, 2.24) is 0 Å². The average Bonchev–Trinajstić information content (AvgIpc) is 3.12. The van der Waals surface area contributed by atoms with Crippen LogP contribution in [0.5, 0.6) is 0 Å². The summed E-state index contributed by atoms with van der Waals surface area (Å²) in [6, 6.07) is 8.25. The monoisotopic (exact) mass is 256 g/mol. The van der Waals surface area contributed by atoms with Gasteiger partial charge < -0.3 is 0 Å². The smallest absolute Gasteiger partial charge is 0.167 e. The molecule has 1 heterocycles. The molecule has 3 unspecified atom stereocenters. The van der Waals surface area contributed by atoms with Crippen LogP contribution < -0.4 is 0 Å². The summed E-state index contributed by atoms with van der Waals surface area (Å²) in [5, 5.41) is 3.30. The molecule has 0 amide bonds. The molecule has 2 heteroatoms. The van der Waals surface area contributed by atoms with Gasteiger partial charge in [-0.15, -0.1) is 11.3 Å². The molecule has 1 nitrogen and oxygen atoms in total. The number of hydrogen-bond acceptors (Lipinski definition) is 2. The van der Waals surface area contributed by atoms with Crippen LogP contribution in [0.2, 0.25) is 0 Å².